The van der Waals surface area contributed by atoms with Crippen molar-refractivity contribution in [3.8, 4) is 23.1 Å². The number of nitriles is 1. The number of nitrogens with one attached hydrogen (secondary N) is 2. The highest BCUT2D eigenvalue weighted by atomic mass is 16.5. The molecule has 0 saturated carbocycles. The molecule has 0 fully saturated rings. The van der Waals surface area contributed by atoms with Crippen LogP contribution in [0, 0.1) is 11.3 Å². The van der Waals surface area contributed by atoms with Crippen LogP contribution in [0.3, 0.4) is 0 Å². The predicted molar refractivity (Wildman–Crippen MR) is 93.2 cm³/mol. The Balaban J connectivity index is 1.80. The van der Waals surface area contributed by atoms with Gasteiger partial charge in [-0.3, -0.25) is 5.10 Å². The third kappa shape index (κ3) is 3.91. The van der Waals surface area contributed by atoms with Gasteiger partial charge in [-0.1, -0.05) is 12.1 Å². The lowest BCUT2D eigenvalue weighted by molar-refractivity contribution is 0.231. The number of hydrogen-bond acceptors (Lipinski definition) is 7. The van der Waals surface area contributed by atoms with Crippen molar-refractivity contribution in [2.24, 2.45) is 5.73 Å². The molecule has 0 amide bonds. The summed E-state index contributed by atoms with van der Waals surface area (Å²) in [6.45, 7) is 2.35. The Morgan fingerprint density at radius 3 is 2.84 bits per heavy atom. The molecule has 3 rings (SSSR count). The summed E-state index contributed by atoms with van der Waals surface area (Å²) in [6.07, 6.45) is 2.79. The predicted octanol–water partition coefficient (Wildman–Crippen LogP) is 2.21. The minimum atomic E-state index is -0.0874. The van der Waals surface area contributed by atoms with E-state index in [9.17, 15) is 0 Å². The fraction of sp³-hybridized carbons (Fsp3) is 0.176. The van der Waals surface area contributed by atoms with E-state index in [0.29, 0.717) is 18.2 Å². The molecule has 25 heavy (non-hydrogen) atoms. The summed E-state index contributed by atoms with van der Waals surface area (Å²) in [5.41, 5.74) is 7.57. The van der Waals surface area contributed by atoms with Gasteiger partial charge in [0.15, 0.2) is 11.5 Å². The number of ether oxygens (including phenoxy) is 1. The van der Waals surface area contributed by atoms with Gasteiger partial charge in [0, 0.05) is 18.2 Å². The summed E-state index contributed by atoms with van der Waals surface area (Å²) < 4.78 is 5.86. The smallest absolute Gasteiger partial charge is 0.158 e. The van der Waals surface area contributed by atoms with Crippen LogP contribution in [0.5, 0.6) is 5.75 Å². The van der Waals surface area contributed by atoms with Crippen LogP contribution >= 0.6 is 0 Å². The number of nitrogens with zero attached hydrogens (tertiary/aromatic N) is 4. The lowest BCUT2D eigenvalue weighted by Crippen LogP contribution is -2.23. The Kier molecular flexibility index (Phi) is 4.87. The van der Waals surface area contributed by atoms with Crippen LogP contribution in [0.2, 0.25) is 0 Å². The van der Waals surface area contributed by atoms with Crippen molar-refractivity contribution in [3.05, 3.63) is 48.4 Å². The highest BCUT2D eigenvalue weighted by Gasteiger charge is 2.12. The third-order valence-corrected chi connectivity index (χ3v) is 3.44. The maximum atomic E-state index is 8.74. The summed E-state index contributed by atoms with van der Waals surface area (Å²) in [7, 11) is 0. The first-order valence-electron chi connectivity index (χ1n) is 7.70. The van der Waals surface area contributed by atoms with Gasteiger partial charge >= 0.3 is 0 Å². The maximum Gasteiger partial charge on any atom is 0.158 e. The lowest BCUT2D eigenvalue weighted by atomic mass is 10.1. The highest BCUT2D eigenvalue weighted by molar-refractivity contribution is 5.70. The fourth-order valence-corrected chi connectivity index (χ4v) is 2.16. The van der Waals surface area contributed by atoms with Gasteiger partial charge in [0.2, 0.25) is 0 Å². The van der Waals surface area contributed by atoms with Crippen LogP contribution in [0.15, 0.2) is 42.7 Å². The van der Waals surface area contributed by atoms with Gasteiger partial charge < -0.3 is 15.8 Å². The number of aromatic nitrogens is 4. The van der Waals surface area contributed by atoms with Crippen molar-refractivity contribution in [2.75, 3.05) is 11.9 Å². The number of aromatic amines is 1. The first-order chi connectivity index (χ1) is 12.2. The largest absolute Gasteiger partial charge is 0.489 e. The second-order valence-electron chi connectivity index (χ2n) is 5.35. The highest BCUT2D eigenvalue weighted by Crippen LogP contribution is 2.30. The molecule has 0 aliphatic rings. The Morgan fingerprint density at radius 1 is 1.28 bits per heavy atom. The minimum Gasteiger partial charge on any atom is -0.489 e. The lowest BCUT2D eigenvalue weighted by Gasteiger charge is -2.15. The number of hydrogen-bond donors (Lipinski definition) is 3. The Hall–Kier alpha value is -3.44. The van der Waals surface area contributed by atoms with Crippen molar-refractivity contribution in [3.63, 3.8) is 0 Å². The molecule has 0 aliphatic heterocycles. The molecule has 1 aromatic carbocycles. The molecule has 0 spiro atoms. The summed E-state index contributed by atoms with van der Waals surface area (Å²) in [5.74, 6) is 1.81. The van der Waals surface area contributed by atoms with Crippen molar-refractivity contribution in [1.29, 1.82) is 5.26 Å². The average Bonchev–Trinajstić information content (AvgIpc) is 3.11. The van der Waals surface area contributed by atoms with E-state index in [4.69, 9.17) is 15.7 Å². The molecule has 0 unspecified atom stereocenters. The summed E-state index contributed by atoms with van der Waals surface area (Å²) >= 11 is 0. The quantitative estimate of drug-likeness (QED) is 0.630. The third-order valence-electron chi connectivity index (χ3n) is 3.44. The molecule has 0 radical (unpaired) electrons. The van der Waals surface area contributed by atoms with E-state index in [-0.39, 0.29) is 11.8 Å². The zero-order valence-electron chi connectivity index (χ0n) is 13.6. The normalized spacial score (nSPS) is 11.6. The maximum absolute atomic E-state index is 8.74. The number of H-pyrrole nitrogens is 1. The Morgan fingerprint density at radius 2 is 2.12 bits per heavy atom. The molecule has 1 atom stereocenters. The zero-order valence-corrected chi connectivity index (χ0v) is 13.6. The van der Waals surface area contributed by atoms with Crippen molar-refractivity contribution in [2.45, 2.75) is 13.0 Å². The van der Waals surface area contributed by atoms with E-state index < -0.39 is 0 Å². The number of para-hydroxylation sites is 1. The van der Waals surface area contributed by atoms with E-state index >= 15 is 0 Å². The van der Waals surface area contributed by atoms with Crippen LogP contribution in [-0.4, -0.2) is 32.8 Å². The molecular weight excluding hydrogens is 318 g/mol. The molecule has 2 heterocycles. The van der Waals surface area contributed by atoms with Gasteiger partial charge in [-0.25, -0.2) is 9.97 Å². The summed E-state index contributed by atoms with van der Waals surface area (Å²) in [4.78, 5) is 8.06. The van der Waals surface area contributed by atoms with E-state index in [0.717, 1.165) is 17.0 Å². The number of rotatable bonds is 6. The molecule has 2 aromatic heterocycles. The zero-order chi connectivity index (χ0) is 17.6. The van der Waals surface area contributed by atoms with Gasteiger partial charge in [0.05, 0.1) is 18.1 Å². The van der Waals surface area contributed by atoms with E-state index in [1.54, 1.807) is 0 Å². The van der Waals surface area contributed by atoms with Gasteiger partial charge in [-0.05, 0) is 19.1 Å². The van der Waals surface area contributed by atoms with Crippen LogP contribution in [0.25, 0.3) is 11.3 Å². The van der Waals surface area contributed by atoms with Gasteiger partial charge in [0.25, 0.3) is 0 Å². The number of nitrogens with two attached hydrogens (primary N) is 1. The fourth-order valence-electron chi connectivity index (χ4n) is 2.16. The molecule has 4 N–H and O–H groups in total. The van der Waals surface area contributed by atoms with Crippen LogP contribution < -0.4 is 15.8 Å². The standard InChI is InChI=1S/C17H17N7O/c1-11(7-18)25-15-5-3-2-4-13(15)14-6-16(24-23-14)22-17-10-20-12(8-19)9-21-17/h2-6,9-11H,7,18H2,1H3,(H2,21,22,23,24)/t11-/m0/s1. The average molecular weight is 335 g/mol. The number of benzene rings is 1. The van der Waals surface area contributed by atoms with Gasteiger partial charge in [-0.15, -0.1) is 0 Å². The van der Waals surface area contributed by atoms with E-state index in [1.165, 1.54) is 12.4 Å². The molecule has 126 valence electrons. The second kappa shape index (κ2) is 7.42. The van der Waals surface area contributed by atoms with E-state index in [2.05, 4.69) is 25.5 Å². The first kappa shape index (κ1) is 16.4. The molecule has 8 nitrogen and oxygen atoms in total. The summed E-state index contributed by atoms with van der Waals surface area (Å²) in [5, 5.41) is 19.0. The minimum absolute atomic E-state index is 0.0874. The Bertz CT molecular complexity index is 883. The van der Waals surface area contributed by atoms with Crippen molar-refractivity contribution in [1.82, 2.24) is 20.2 Å². The SMILES string of the molecule is C[C@@H](CN)Oc1ccccc1-c1cc(Nc2cnc(C#N)cn2)n[nH]1. The van der Waals surface area contributed by atoms with Gasteiger partial charge in [-0.2, -0.15) is 10.4 Å². The van der Waals surface area contributed by atoms with Crippen molar-refractivity contribution >= 4 is 11.6 Å². The molecule has 0 bridgehead atoms. The first-order valence-corrected chi connectivity index (χ1v) is 7.70. The molecule has 3 aromatic rings. The molecular formula is C17H17N7O. The second-order valence-corrected chi connectivity index (χ2v) is 5.35. The summed E-state index contributed by atoms with van der Waals surface area (Å²) in [6, 6.07) is 11.4. The van der Waals surface area contributed by atoms with Crippen LogP contribution in [0.1, 0.15) is 12.6 Å². The molecule has 0 aliphatic carbocycles. The monoisotopic (exact) mass is 335 g/mol. The molecule has 8 heteroatoms. The van der Waals surface area contributed by atoms with Crippen LogP contribution in [0.4, 0.5) is 11.6 Å². The van der Waals surface area contributed by atoms with E-state index in [1.807, 2.05) is 43.3 Å². The topological polar surface area (TPSA) is 126 Å². The molecule has 0 saturated heterocycles. The van der Waals surface area contributed by atoms with Gasteiger partial charge in [0.1, 0.15) is 23.7 Å². The van der Waals surface area contributed by atoms with Crippen molar-refractivity contribution < 1.29 is 4.74 Å². The van der Waals surface area contributed by atoms with Crippen LogP contribution in [-0.2, 0) is 0 Å². The Labute approximate surface area is 144 Å². The number of anilines is 2.